The Balaban J connectivity index is 1.81. The molecule has 2 aromatic rings. The van der Waals surface area contributed by atoms with E-state index in [0.717, 1.165) is 18.5 Å². The average Bonchev–Trinajstić information content (AvgIpc) is 2.62. The number of aromatic hydroxyl groups is 1. The molecular formula is C20H26FN3O2. The minimum absolute atomic E-state index is 0.137. The normalized spacial score (nSPS) is 12.5. The second-order valence-corrected chi connectivity index (χ2v) is 5.95. The molecule has 0 amide bonds. The zero-order chi connectivity index (χ0) is 18.8. The van der Waals surface area contributed by atoms with Crippen molar-refractivity contribution >= 4 is 5.96 Å². The van der Waals surface area contributed by atoms with Crippen LogP contribution in [0.5, 0.6) is 11.5 Å². The Morgan fingerprint density at radius 1 is 1.19 bits per heavy atom. The number of benzene rings is 2. The van der Waals surface area contributed by atoms with E-state index in [-0.39, 0.29) is 17.7 Å². The summed E-state index contributed by atoms with van der Waals surface area (Å²) in [5.41, 5.74) is 1.06. The van der Waals surface area contributed by atoms with Gasteiger partial charge in [0.05, 0.1) is 6.54 Å². The Morgan fingerprint density at radius 3 is 2.65 bits per heavy atom. The number of rotatable bonds is 8. The number of ether oxygens (including phenoxy) is 1. The van der Waals surface area contributed by atoms with Crippen molar-refractivity contribution in [2.45, 2.75) is 26.4 Å². The largest absolute Gasteiger partial charge is 0.508 e. The molecule has 2 rings (SSSR count). The third kappa shape index (κ3) is 7.01. The van der Waals surface area contributed by atoms with Crippen molar-refractivity contribution in [2.24, 2.45) is 4.99 Å². The molecule has 0 saturated carbocycles. The zero-order valence-electron chi connectivity index (χ0n) is 15.2. The van der Waals surface area contributed by atoms with E-state index in [1.807, 2.05) is 26.0 Å². The van der Waals surface area contributed by atoms with Crippen molar-refractivity contribution in [2.75, 3.05) is 19.6 Å². The number of phenolic OH excluding ortho intramolecular Hbond substituents is 1. The summed E-state index contributed by atoms with van der Waals surface area (Å²) in [7, 11) is 0. The van der Waals surface area contributed by atoms with E-state index in [1.165, 1.54) is 12.1 Å². The van der Waals surface area contributed by atoms with Gasteiger partial charge in [-0.05, 0) is 62.2 Å². The minimum atomic E-state index is -0.284. The standard InChI is InChI=1S/C20H26FN3O2/c1-3-22-20(23-12-11-16-5-4-6-18(25)13-16)24-14-15(2)26-19-9-7-17(21)8-10-19/h4-10,13,15,25H,3,11-12,14H2,1-2H3,(H2,22,23,24). The summed E-state index contributed by atoms with van der Waals surface area (Å²) in [4.78, 5) is 4.52. The summed E-state index contributed by atoms with van der Waals surface area (Å²) in [6.07, 6.45) is 0.641. The molecule has 0 saturated heterocycles. The molecular weight excluding hydrogens is 333 g/mol. The zero-order valence-corrected chi connectivity index (χ0v) is 15.2. The maximum absolute atomic E-state index is 12.9. The van der Waals surface area contributed by atoms with Crippen LogP contribution < -0.4 is 15.4 Å². The first-order valence-electron chi connectivity index (χ1n) is 8.79. The maximum atomic E-state index is 12.9. The Bertz CT molecular complexity index is 704. The topological polar surface area (TPSA) is 65.9 Å². The van der Waals surface area contributed by atoms with Crippen LogP contribution >= 0.6 is 0 Å². The molecule has 5 nitrogen and oxygen atoms in total. The Kier molecular flexibility index (Phi) is 7.74. The van der Waals surface area contributed by atoms with Gasteiger partial charge in [-0.1, -0.05) is 12.1 Å². The van der Waals surface area contributed by atoms with Gasteiger partial charge in [0.2, 0.25) is 0 Å². The lowest BCUT2D eigenvalue weighted by atomic mass is 10.1. The number of hydrogen-bond acceptors (Lipinski definition) is 3. The highest BCUT2D eigenvalue weighted by atomic mass is 19.1. The maximum Gasteiger partial charge on any atom is 0.191 e. The molecule has 0 aromatic heterocycles. The van der Waals surface area contributed by atoms with Crippen molar-refractivity contribution < 1.29 is 14.2 Å². The molecule has 0 radical (unpaired) electrons. The van der Waals surface area contributed by atoms with Crippen molar-refractivity contribution in [1.29, 1.82) is 0 Å². The Labute approximate surface area is 153 Å². The number of nitrogens with one attached hydrogen (secondary N) is 2. The third-order valence-corrected chi connectivity index (χ3v) is 3.62. The molecule has 26 heavy (non-hydrogen) atoms. The summed E-state index contributed by atoms with van der Waals surface area (Å²) in [5, 5.41) is 16.0. The first-order valence-corrected chi connectivity index (χ1v) is 8.79. The van der Waals surface area contributed by atoms with Crippen molar-refractivity contribution in [3.8, 4) is 11.5 Å². The fourth-order valence-corrected chi connectivity index (χ4v) is 2.38. The fraction of sp³-hybridized carbons (Fsp3) is 0.350. The number of aliphatic imine (C=N–C) groups is 1. The van der Waals surface area contributed by atoms with E-state index < -0.39 is 0 Å². The summed E-state index contributed by atoms with van der Waals surface area (Å²) >= 11 is 0. The number of nitrogens with zero attached hydrogens (tertiary/aromatic N) is 1. The van der Waals surface area contributed by atoms with Gasteiger partial charge in [0.1, 0.15) is 23.4 Å². The van der Waals surface area contributed by atoms with E-state index in [2.05, 4.69) is 15.6 Å². The second-order valence-electron chi connectivity index (χ2n) is 5.95. The van der Waals surface area contributed by atoms with E-state index in [0.29, 0.717) is 24.8 Å². The van der Waals surface area contributed by atoms with Crippen molar-refractivity contribution in [3.05, 3.63) is 59.9 Å². The number of halogens is 1. The monoisotopic (exact) mass is 359 g/mol. The van der Waals surface area contributed by atoms with E-state index in [1.54, 1.807) is 24.3 Å². The summed E-state index contributed by atoms with van der Waals surface area (Å²) in [6.45, 7) is 5.85. The number of phenols is 1. The van der Waals surface area contributed by atoms with E-state index in [9.17, 15) is 9.50 Å². The molecule has 140 valence electrons. The predicted molar refractivity (Wildman–Crippen MR) is 102 cm³/mol. The van der Waals surface area contributed by atoms with Gasteiger partial charge in [-0.25, -0.2) is 9.38 Å². The molecule has 0 spiro atoms. The van der Waals surface area contributed by atoms with Gasteiger partial charge in [0.15, 0.2) is 5.96 Å². The van der Waals surface area contributed by atoms with Crippen LogP contribution in [0, 0.1) is 5.82 Å². The summed E-state index contributed by atoms with van der Waals surface area (Å²) in [6, 6.07) is 13.2. The van der Waals surface area contributed by atoms with Crippen LogP contribution in [-0.4, -0.2) is 36.8 Å². The lowest BCUT2D eigenvalue weighted by Crippen LogP contribution is -2.39. The highest BCUT2D eigenvalue weighted by molar-refractivity contribution is 5.79. The van der Waals surface area contributed by atoms with Crippen LogP contribution in [0.1, 0.15) is 19.4 Å². The van der Waals surface area contributed by atoms with E-state index >= 15 is 0 Å². The van der Waals surface area contributed by atoms with Gasteiger partial charge in [-0.15, -0.1) is 0 Å². The highest BCUT2D eigenvalue weighted by Gasteiger charge is 2.05. The van der Waals surface area contributed by atoms with Gasteiger partial charge >= 0.3 is 0 Å². The molecule has 0 heterocycles. The third-order valence-electron chi connectivity index (χ3n) is 3.62. The van der Waals surface area contributed by atoms with E-state index in [4.69, 9.17) is 4.74 Å². The second kappa shape index (κ2) is 10.3. The number of hydrogen-bond donors (Lipinski definition) is 3. The minimum Gasteiger partial charge on any atom is -0.508 e. The van der Waals surface area contributed by atoms with Gasteiger partial charge in [-0.2, -0.15) is 0 Å². The average molecular weight is 359 g/mol. The first kappa shape index (κ1) is 19.6. The quantitative estimate of drug-likeness (QED) is 0.501. The number of guanidine groups is 1. The Morgan fingerprint density at radius 2 is 1.96 bits per heavy atom. The first-order chi connectivity index (χ1) is 12.6. The molecule has 0 bridgehead atoms. The lowest BCUT2D eigenvalue weighted by Gasteiger charge is -2.15. The summed E-state index contributed by atoms with van der Waals surface area (Å²) in [5.74, 6) is 1.32. The fourth-order valence-electron chi connectivity index (χ4n) is 2.38. The molecule has 0 aliphatic heterocycles. The molecule has 1 unspecified atom stereocenters. The Hall–Kier alpha value is -2.76. The lowest BCUT2D eigenvalue weighted by molar-refractivity contribution is 0.230. The van der Waals surface area contributed by atoms with Gasteiger partial charge in [-0.3, -0.25) is 0 Å². The van der Waals surface area contributed by atoms with Crippen molar-refractivity contribution in [1.82, 2.24) is 10.6 Å². The van der Waals surface area contributed by atoms with Gasteiger partial charge < -0.3 is 20.5 Å². The van der Waals surface area contributed by atoms with Crippen molar-refractivity contribution in [3.63, 3.8) is 0 Å². The molecule has 3 N–H and O–H groups in total. The van der Waals surface area contributed by atoms with Gasteiger partial charge in [0, 0.05) is 13.1 Å². The highest BCUT2D eigenvalue weighted by Crippen LogP contribution is 2.13. The molecule has 2 aromatic carbocycles. The molecule has 1 atom stereocenters. The predicted octanol–water partition coefficient (Wildman–Crippen LogP) is 3.10. The van der Waals surface area contributed by atoms with Crippen LogP contribution in [0.15, 0.2) is 53.5 Å². The van der Waals surface area contributed by atoms with Crippen LogP contribution in [0.2, 0.25) is 0 Å². The summed E-state index contributed by atoms with van der Waals surface area (Å²) < 4.78 is 18.6. The van der Waals surface area contributed by atoms with Crippen LogP contribution in [0.4, 0.5) is 4.39 Å². The van der Waals surface area contributed by atoms with Crippen LogP contribution in [0.25, 0.3) is 0 Å². The van der Waals surface area contributed by atoms with Gasteiger partial charge in [0.25, 0.3) is 0 Å². The molecule has 0 fully saturated rings. The SMILES string of the molecule is CCNC(=NCC(C)Oc1ccc(F)cc1)NCCc1cccc(O)c1. The molecule has 0 aliphatic rings. The molecule has 6 heteroatoms. The molecule has 0 aliphatic carbocycles. The van der Waals surface area contributed by atoms with Crippen LogP contribution in [0.3, 0.4) is 0 Å². The smallest absolute Gasteiger partial charge is 0.191 e. The van der Waals surface area contributed by atoms with Crippen LogP contribution in [-0.2, 0) is 6.42 Å².